The predicted molar refractivity (Wildman–Crippen MR) is 126 cm³/mol. The number of hydroxylamine groups is 2. The number of para-hydroxylation sites is 1. The number of fused-ring (bicyclic) bond motifs is 2. The normalized spacial score (nSPS) is 16.4. The van der Waals surface area contributed by atoms with E-state index >= 15 is 0 Å². The van der Waals surface area contributed by atoms with Gasteiger partial charge in [-0.1, -0.05) is 31.2 Å². The molecular weight excluding hydrogens is 460 g/mol. The Morgan fingerprint density at radius 2 is 2.06 bits per heavy atom. The van der Waals surface area contributed by atoms with Crippen LogP contribution in [-0.2, 0) is 25.0 Å². The fraction of sp³-hybridized carbons (Fsp3) is 0.409. The second kappa shape index (κ2) is 8.46. The second-order valence-corrected chi connectivity index (χ2v) is 9.87. The summed E-state index contributed by atoms with van der Waals surface area (Å²) in [5.41, 5.74) is 0.659. The average molecular weight is 485 g/mol. The van der Waals surface area contributed by atoms with Crippen LogP contribution in [0, 0.1) is 5.92 Å². The highest BCUT2D eigenvalue weighted by Crippen LogP contribution is 2.32. The number of carbonyl (C=O) groups excluding carboxylic acids is 1. The summed E-state index contributed by atoms with van der Waals surface area (Å²) >= 11 is 1.22. The number of aliphatic hydroxyl groups excluding tert-OH is 1. The van der Waals surface area contributed by atoms with Crippen molar-refractivity contribution in [2.45, 2.75) is 33.0 Å². The van der Waals surface area contributed by atoms with Crippen molar-refractivity contribution in [1.29, 1.82) is 0 Å². The number of carbonyl (C=O) groups is 1. The number of benzene rings is 1. The van der Waals surface area contributed by atoms with Gasteiger partial charge in [-0.25, -0.2) is 14.5 Å². The van der Waals surface area contributed by atoms with Crippen LogP contribution in [0.3, 0.4) is 0 Å². The summed E-state index contributed by atoms with van der Waals surface area (Å²) < 4.78 is 4.24. The fourth-order valence-electron chi connectivity index (χ4n) is 4.15. The van der Waals surface area contributed by atoms with Crippen LogP contribution < -0.4 is 11.2 Å². The van der Waals surface area contributed by atoms with Gasteiger partial charge in [-0.2, -0.15) is 0 Å². The summed E-state index contributed by atoms with van der Waals surface area (Å²) in [6, 6.07) is 7.44. The Hall–Kier alpha value is -3.35. The molecule has 0 bridgehead atoms. The lowest BCUT2D eigenvalue weighted by molar-refractivity contribution is -0.0778. The second-order valence-electron chi connectivity index (χ2n) is 8.78. The minimum absolute atomic E-state index is 0.00613. The van der Waals surface area contributed by atoms with Crippen LogP contribution in [0.4, 0.5) is 0 Å². The summed E-state index contributed by atoms with van der Waals surface area (Å²) in [5.74, 6) is -0.395. The van der Waals surface area contributed by atoms with Crippen LogP contribution in [0.15, 0.2) is 33.9 Å². The van der Waals surface area contributed by atoms with E-state index in [1.807, 2.05) is 38.1 Å². The Balaban J connectivity index is 1.76. The molecule has 0 saturated carbocycles. The van der Waals surface area contributed by atoms with E-state index in [0.717, 1.165) is 15.1 Å². The molecule has 1 aliphatic rings. The van der Waals surface area contributed by atoms with E-state index in [2.05, 4.69) is 10.3 Å². The fourth-order valence-corrected chi connectivity index (χ4v) is 5.41. The third-order valence-electron chi connectivity index (χ3n) is 5.75. The molecule has 34 heavy (non-hydrogen) atoms. The Morgan fingerprint density at radius 1 is 1.29 bits per heavy atom. The molecule has 1 amide bonds. The maximum atomic E-state index is 13.6. The largest absolute Gasteiger partial charge is 0.389 e. The highest BCUT2D eigenvalue weighted by Gasteiger charge is 2.33. The number of β-amino-alcohol motifs (C(OH)–C–C–N with tert-alkyl or cyclic N) is 1. The van der Waals surface area contributed by atoms with Crippen molar-refractivity contribution >= 4 is 38.5 Å². The molecule has 1 aromatic carbocycles. The predicted octanol–water partition coefficient (Wildman–Crippen LogP) is 0.959. The minimum Gasteiger partial charge on any atom is -0.389 e. The van der Waals surface area contributed by atoms with E-state index in [0.29, 0.717) is 21.8 Å². The third kappa shape index (κ3) is 3.63. The van der Waals surface area contributed by atoms with Gasteiger partial charge in [-0.05, 0) is 18.1 Å². The number of amides is 1. The molecule has 1 fully saturated rings. The highest BCUT2D eigenvalue weighted by atomic mass is 32.1. The van der Waals surface area contributed by atoms with E-state index in [1.165, 1.54) is 18.4 Å². The maximum Gasteiger partial charge on any atom is 0.331 e. The molecule has 0 aliphatic carbocycles. The molecule has 178 valence electrons. The van der Waals surface area contributed by atoms with Crippen LogP contribution in [0.1, 0.15) is 29.1 Å². The monoisotopic (exact) mass is 484 g/mol. The summed E-state index contributed by atoms with van der Waals surface area (Å²) in [7, 11) is 1.41. The Kier molecular flexibility index (Phi) is 5.58. The number of thiophene rings is 1. The van der Waals surface area contributed by atoms with E-state index in [4.69, 9.17) is 4.84 Å². The van der Waals surface area contributed by atoms with Gasteiger partial charge in [0.2, 0.25) is 0 Å². The Labute approximate surface area is 197 Å². The molecule has 0 unspecified atom stereocenters. The number of aliphatic hydroxyl groups is 1. The lowest BCUT2D eigenvalue weighted by Gasteiger charge is -2.15. The number of nitrogens with zero attached hydrogens (tertiary/aromatic N) is 6. The molecular formula is C22H24N6O5S. The van der Waals surface area contributed by atoms with Gasteiger partial charge < -0.3 is 5.11 Å². The van der Waals surface area contributed by atoms with Crippen molar-refractivity contribution in [3.63, 3.8) is 0 Å². The Bertz CT molecular complexity index is 1530. The van der Waals surface area contributed by atoms with Crippen molar-refractivity contribution < 1.29 is 14.7 Å². The van der Waals surface area contributed by atoms with Crippen molar-refractivity contribution in [1.82, 2.24) is 29.2 Å². The molecule has 12 heteroatoms. The zero-order valence-corrected chi connectivity index (χ0v) is 19.8. The van der Waals surface area contributed by atoms with Crippen LogP contribution in [0.5, 0.6) is 0 Å². The molecule has 1 N–H and O–H groups in total. The Morgan fingerprint density at radius 3 is 2.76 bits per heavy atom. The van der Waals surface area contributed by atoms with Crippen molar-refractivity contribution in [2.24, 2.45) is 13.0 Å². The molecule has 0 spiro atoms. The molecule has 0 radical (unpaired) electrons. The van der Waals surface area contributed by atoms with Crippen LogP contribution in [-0.4, -0.2) is 59.5 Å². The summed E-state index contributed by atoms with van der Waals surface area (Å²) in [6.07, 6.45) is -0.807. The highest BCUT2D eigenvalue weighted by molar-refractivity contribution is 7.19. The third-order valence-corrected chi connectivity index (χ3v) is 6.94. The van der Waals surface area contributed by atoms with Gasteiger partial charge in [0, 0.05) is 18.5 Å². The SMILES string of the molecule is CC(C)Cn1c(=O)n(C)c(=O)c2c(C(=O)N3C[C@H](O)CO3)c(Cn3nnc4ccccc43)sc21. The molecule has 3 aromatic heterocycles. The molecule has 5 rings (SSSR count). The van der Waals surface area contributed by atoms with Gasteiger partial charge in [0.15, 0.2) is 0 Å². The summed E-state index contributed by atoms with van der Waals surface area (Å²) in [4.78, 5) is 46.2. The van der Waals surface area contributed by atoms with Crippen LogP contribution in [0.25, 0.3) is 21.3 Å². The zero-order chi connectivity index (χ0) is 24.1. The lowest BCUT2D eigenvalue weighted by atomic mass is 10.1. The molecule has 1 atom stereocenters. The quantitative estimate of drug-likeness (QED) is 0.447. The van der Waals surface area contributed by atoms with E-state index in [1.54, 1.807) is 9.25 Å². The molecule has 1 saturated heterocycles. The minimum atomic E-state index is -0.807. The molecule has 1 aliphatic heterocycles. The first-order valence-electron chi connectivity index (χ1n) is 10.9. The number of hydrogen-bond acceptors (Lipinski definition) is 8. The van der Waals surface area contributed by atoms with Crippen molar-refractivity contribution in [2.75, 3.05) is 13.2 Å². The average Bonchev–Trinajstić information content (AvgIpc) is 3.52. The van der Waals surface area contributed by atoms with Gasteiger partial charge >= 0.3 is 5.69 Å². The maximum absolute atomic E-state index is 13.6. The van der Waals surface area contributed by atoms with Crippen molar-refractivity contribution in [3.05, 3.63) is 55.5 Å². The number of aromatic nitrogens is 5. The lowest BCUT2D eigenvalue weighted by Crippen LogP contribution is -2.39. The molecule has 11 nitrogen and oxygen atoms in total. The van der Waals surface area contributed by atoms with E-state index in [9.17, 15) is 19.5 Å². The van der Waals surface area contributed by atoms with Crippen LogP contribution >= 0.6 is 11.3 Å². The van der Waals surface area contributed by atoms with Gasteiger partial charge in [0.1, 0.15) is 23.1 Å². The molecule has 4 heterocycles. The number of hydrogen-bond donors (Lipinski definition) is 1. The van der Waals surface area contributed by atoms with Gasteiger partial charge in [-0.15, -0.1) is 16.4 Å². The first-order valence-corrected chi connectivity index (χ1v) is 11.7. The van der Waals surface area contributed by atoms with Crippen molar-refractivity contribution in [3.8, 4) is 0 Å². The first-order chi connectivity index (χ1) is 16.3. The van der Waals surface area contributed by atoms with E-state index in [-0.39, 0.29) is 36.6 Å². The smallest absolute Gasteiger partial charge is 0.331 e. The summed E-state index contributed by atoms with van der Waals surface area (Å²) in [5, 5.41) is 19.5. The van der Waals surface area contributed by atoms with Gasteiger partial charge in [0.25, 0.3) is 11.5 Å². The van der Waals surface area contributed by atoms with Gasteiger partial charge in [-0.3, -0.25) is 23.6 Å². The van der Waals surface area contributed by atoms with Gasteiger partial charge in [0.05, 0.1) is 29.6 Å². The van der Waals surface area contributed by atoms with Crippen LogP contribution in [0.2, 0.25) is 0 Å². The summed E-state index contributed by atoms with van der Waals surface area (Å²) in [6.45, 7) is 4.51. The van der Waals surface area contributed by atoms with E-state index < -0.39 is 23.3 Å². The number of rotatable bonds is 5. The topological polar surface area (TPSA) is 124 Å². The first kappa shape index (κ1) is 22.4. The standard InChI is InChI=1S/C22H24N6O5S/c1-12(2)8-26-21-18(19(30)25(3)22(26)32)17(20(31)28-9-13(29)11-33-28)16(34-21)10-27-15-7-5-4-6-14(15)23-24-27/h4-7,12-13,29H,8-11H2,1-3H3/t13-/m0/s1. The zero-order valence-electron chi connectivity index (χ0n) is 19.0. The molecule has 4 aromatic rings.